The van der Waals surface area contributed by atoms with Gasteiger partial charge in [-0.1, -0.05) is 6.07 Å². The largest absolute Gasteiger partial charge is 0.381 e. The smallest absolute Gasteiger partial charge is 0.0469 e. The van der Waals surface area contributed by atoms with Crippen LogP contribution in [0.1, 0.15) is 30.7 Å². The van der Waals surface area contributed by atoms with E-state index in [1.54, 1.807) is 0 Å². The highest BCUT2D eigenvalue weighted by atomic mass is 32.1. The molecule has 0 saturated carbocycles. The minimum absolute atomic E-state index is 0.493. The standard InChI is InChI=1S/C12H19NOS/c1-10(12-3-2-8-15-12)13-9-11-4-6-14-7-5-11/h2-3,8,10-11,13H,4-7,9H2,1H3/t10-/m1/s1. The molecule has 0 aromatic carbocycles. The first-order chi connectivity index (χ1) is 7.36. The second kappa shape index (κ2) is 5.64. The van der Waals surface area contributed by atoms with Crippen molar-refractivity contribution < 1.29 is 4.74 Å². The summed E-state index contributed by atoms with van der Waals surface area (Å²) in [4.78, 5) is 1.43. The van der Waals surface area contributed by atoms with Gasteiger partial charge in [0.15, 0.2) is 0 Å². The van der Waals surface area contributed by atoms with Gasteiger partial charge in [-0.15, -0.1) is 11.3 Å². The maximum atomic E-state index is 5.35. The van der Waals surface area contributed by atoms with E-state index in [9.17, 15) is 0 Å². The molecule has 15 heavy (non-hydrogen) atoms. The van der Waals surface area contributed by atoms with E-state index in [0.717, 1.165) is 25.7 Å². The van der Waals surface area contributed by atoms with Gasteiger partial charge in [0.1, 0.15) is 0 Å². The first-order valence-corrected chi connectivity index (χ1v) is 6.59. The third kappa shape index (κ3) is 3.30. The van der Waals surface area contributed by atoms with Crippen molar-refractivity contribution in [2.45, 2.75) is 25.8 Å². The summed E-state index contributed by atoms with van der Waals surface area (Å²) in [5.74, 6) is 0.807. The van der Waals surface area contributed by atoms with E-state index >= 15 is 0 Å². The average Bonchev–Trinajstić information content (AvgIpc) is 2.81. The monoisotopic (exact) mass is 225 g/mol. The molecule has 0 amide bonds. The quantitative estimate of drug-likeness (QED) is 0.851. The van der Waals surface area contributed by atoms with Crippen molar-refractivity contribution in [1.29, 1.82) is 0 Å². The number of thiophene rings is 1. The fourth-order valence-corrected chi connectivity index (χ4v) is 2.69. The summed E-state index contributed by atoms with van der Waals surface area (Å²) in [7, 11) is 0. The molecule has 0 unspecified atom stereocenters. The fraction of sp³-hybridized carbons (Fsp3) is 0.667. The van der Waals surface area contributed by atoms with Crippen molar-refractivity contribution in [3.63, 3.8) is 0 Å². The van der Waals surface area contributed by atoms with Crippen molar-refractivity contribution in [2.24, 2.45) is 5.92 Å². The van der Waals surface area contributed by atoms with Gasteiger partial charge in [0.25, 0.3) is 0 Å². The van der Waals surface area contributed by atoms with Crippen molar-refractivity contribution in [3.05, 3.63) is 22.4 Å². The molecule has 1 aromatic rings. The van der Waals surface area contributed by atoms with Crippen LogP contribution in [0.5, 0.6) is 0 Å². The van der Waals surface area contributed by atoms with Crippen LogP contribution in [0, 0.1) is 5.92 Å². The van der Waals surface area contributed by atoms with Crippen LogP contribution in [0.2, 0.25) is 0 Å². The van der Waals surface area contributed by atoms with Crippen molar-refractivity contribution in [1.82, 2.24) is 5.32 Å². The van der Waals surface area contributed by atoms with Crippen LogP contribution in [0.4, 0.5) is 0 Å². The Morgan fingerprint density at radius 1 is 1.53 bits per heavy atom. The molecule has 0 bridgehead atoms. The first-order valence-electron chi connectivity index (χ1n) is 5.71. The molecular formula is C12H19NOS. The molecule has 1 atom stereocenters. The zero-order valence-electron chi connectivity index (χ0n) is 9.24. The number of ether oxygens (including phenoxy) is 1. The number of rotatable bonds is 4. The molecular weight excluding hydrogens is 206 g/mol. The Morgan fingerprint density at radius 3 is 3.00 bits per heavy atom. The van der Waals surface area contributed by atoms with Crippen molar-refractivity contribution in [3.8, 4) is 0 Å². The molecule has 2 nitrogen and oxygen atoms in total. The SMILES string of the molecule is C[C@@H](NCC1CCOCC1)c1cccs1. The van der Waals surface area contributed by atoms with Gasteiger partial charge in [0, 0.05) is 24.1 Å². The zero-order chi connectivity index (χ0) is 10.5. The third-order valence-corrected chi connectivity index (χ3v) is 4.08. The molecule has 1 saturated heterocycles. The lowest BCUT2D eigenvalue weighted by atomic mass is 10.00. The van der Waals surface area contributed by atoms with Crippen LogP contribution in [0.3, 0.4) is 0 Å². The van der Waals surface area contributed by atoms with E-state index in [1.165, 1.54) is 17.7 Å². The topological polar surface area (TPSA) is 21.3 Å². The van der Waals surface area contributed by atoms with Crippen LogP contribution >= 0.6 is 11.3 Å². The van der Waals surface area contributed by atoms with Crippen LogP contribution < -0.4 is 5.32 Å². The lowest BCUT2D eigenvalue weighted by Crippen LogP contribution is -2.29. The summed E-state index contributed by atoms with van der Waals surface area (Å²) < 4.78 is 5.35. The number of hydrogen-bond acceptors (Lipinski definition) is 3. The lowest BCUT2D eigenvalue weighted by molar-refractivity contribution is 0.0656. The molecule has 84 valence electrons. The maximum absolute atomic E-state index is 5.35. The van der Waals surface area contributed by atoms with E-state index in [4.69, 9.17) is 4.74 Å². The van der Waals surface area contributed by atoms with Gasteiger partial charge in [-0.3, -0.25) is 0 Å². The fourth-order valence-electron chi connectivity index (χ4n) is 1.93. The normalized spacial score (nSPS) is 20.3. The van der Waals surface area contributed by atoms with Crippen LogP contribution in [-0.2, 0) is 4.74 Å². The van der Waals surface area contributed by atoms with Gasteiger partial charge < -0.3 is 10.1 Å². The highest BCUT2D eigenvalue weighted by Crippen LogP contribution is 2.20. The molecule has 1 N–H and O–H groups in total. The summed E-state index contributed by atoms with van der Waals surface area (Å²) in [5.41, 5.74) is 0. The molecule has 1 aliphatic rings. The van der Waals surface area contributed by atoms with Crippen LogP contribution in [0.15, 0.2) is 17.5 Å². The molecule has 1 aliphatic heterocycles. The predicted octanol–water partition coefficient (Wildman–Crippen LogP) is 2.83. The minimum atomic E-state index is 0.493. The molecule has 0 spiro atoms. The van der Waals surface area contributed by atoms with E-state index in [1.807, 2.05) is 11.3 Å². The van der Waals surface area contributed by atoms with Gasteiger partial charge in [0.05, 0.1) is 0 Å². The highest BCUT2D eigenvalue weighted by molar-refractivity contribution is 7.10. The first kappa shape index (κ1) is 11.1. The Balaban J connectivity index is 1.73. The minimum Gasteiger partial charge on any atom is -0.381 e. The Hall–Kier alpha value is -0.380. The molecule has 0 radical (unpaired) electrons. The predicted molar refractivity (Wildman–Crippen MR) is 64.3 cm³/mol. The Labute approximate surface area is 95.6 Å². The van der Waals surface area contributed by atoms with Crippen LogP contribution in [-0.4, -0.2) is 19.8 Å². The molecule has 1 fully saturated rings. The van der Waals surface area contributed by atoms with E-state index in [-0.39, 0.29) is 0 Å². The Bertz CT molecular complexity index is 267. The molecule has 2 heterocycles. The third-order valence-electron chi connectivity index (χ3n) is 3.02. The van der Waals surface area contributed by atoms with Gasteiger partial charge in [-0.05, 0) is 43.7 Å². The summed E-state index contributed by atoms with van der Waals surface area (Å²) in [6.07, 6.45) is 2.42. The van der Waals surface area contributed by atoms with Gasteiger partial charge in [-0.2, -0.15) is 0 Å². The average molecular weight is 225 g/mol. The number of nitrogens with one attached hydrogen (secondary N) is 1. The Kier molecular flexibility index (Phi) is 4.18. The lowest BCUT2D eigenvalue weighted by Gasteiger charge is -2.24. The summed E-state index contributed by atoms with van der Waals surface area (Å²) in [6, 6.07) is 4.81. The van der Waals surface area contributed by atoms with Crippen LogP contribution in [0.25, 0.3) is 0 Å². The highest BCUT2D eigenvalue weighted by Gasteiger charge is 2.15. The second-order valence-corrected chi connectivity index (χ2v) is 5.18. The van der Waals surface area contributed by atoms with Gasteiger partial charge in [0.2, 0.25) is 0 Å². The molecule has 0 aliphatic carbocycles. The zero-order valence-corrected chi connectivity index (χ0v) is 10.1. The number of hydrogen-bond donors (Lipinski definition) is 1. The Morgan fingerprint density at radius 2 is 2.33 bits per heavy atom. The van der Waals surface area contributed by atoms with Crippen molar-refractivity contribution in [2.75, 3.05) is 19.8 Å². The van der Waals surface area contributed by atoms with Crippen molar-refractivity contribution >= 4 is 11.3 Å². The van der Waals surface area contributed by atoms with Gasteiger partial charge in [-0.25, -0.2) is 0 Å². The van der Waals surface area contributed by atoms with Gasteiger partial charge >= 0.3 is 0 Å². The molecule has 3 heteroatoms. The second-order valence-electron chi connectivity index (χ2n) is 4.20. The van der Waals surface area contributed by atoms with E-state index < -0.39 is 0 Å². The summed E-state index contributed by atoms with van der Waals surface area (Å²) in [5, 5.41) is 5.75. The molecule has 1 aromatic heterocycles. The maximum Gasteiger partial charge on any atom is 0.0469 e. The summed E-state index contributed by atoms with van der Waals surface area (Å²) in [6.45, 7) is 5.26. The van der Waals surface area contributed by atoms with E-state index in [2.05, 4.69) is 29.8 Å². The van der Waals surface area contributed by atoms with E-state index in [0.29, 0.717) is 6.04 Å². The molecule has 2 rings (SSSR count). The summed E-state index contributed by atoms with van der Waals surface area (Å²) >= 11 is 1.83.